The van der Waals surface area contributed by atoms with E-state index in [0.29, 0.717) is 10.4 Å². The van der Waals surface area contributed by atoms with Crippen molar-refractivity contribution in [3.05, 3.63) is 56.4 Å². The third kappa shape index (κ3) is 5.37. The van der Waals surface area contributed by atoms with Crippen molar-refractivity contribution in [1.29, 1.82) is 0 Å². The Labute approximate surface area is 144 Å². The van der Waals surface area contributed by atoms with E-state index in [1.54, 1.807) is 12.1 Å². The minimum atomic E-state index is -0.621. The first kappa shape index (κ1) is 17.5. The summed E-state index contributed by atoms with van der Waals surface area (Å²) in [7, 11) is 0. The molecule has 0 radical (unpaired) electrons. The van der Waals surface area contributed by atoms with Crippen molar-refractivity contribution in [2.45, 2.75) is 12.8 Å². The van der Waals surface area contributed by atoms with Crippen LogP contribution < -0.4 is 0 Å². The van der Waals surface area contributed by atoms with Crippen molar-refractivity contribution < 1.29 is 23.5 Å². The van der Waals surface area contributed by atoms with Gasteiger partial charge in [0, 0.05) is 12.0 Å². The molecule has 0 bridgehead atoms. The fourth-order valence-corrected chi connectivity index (χ4v) is 3.06. The molecule has 1 heterocycles. The first-order valence-electron chi connectivity index (χ1n) is 6.68. The lowest BCUT2D eigenvalue weighted by atomic mass is 10.1. The van der Waals surface area contributed by atoms with Crippen LogP contribution in [-0.4, -0.2) is 24.1 Å². The average molecular weight is 399 g/mol. The summed E-state index contributed by atoms with van der Waals surface area (Å²) in [5.74, 6) is -1.63. The smallest absolute Gasteiger partial charge is 0.306 e. The second-order valence-electron chi connectivity index (χ2n) is 4.62. The Bertz CT molecular complexity index is 724. The number of esters is 1. The molecule has 0 N–H and O–H groups in total. The van der Waals surface area contributed by atoms with E-state index in [1.165, 1.54) is 35.6 Å². The lowest BCUT2D eigenvalue weighted by Gasteiger charge is -2.03. The van der Waals surface area contributed by atoms with Crippen molar-refractivity contribution in [3.8, 4) is 0 Å². The van der Waals surface area contributed by atoms with Gasteiger partial charge in [-0.1, -0.05) is 0 Å². The summed E-state index contributed by atoms with van der Waals surface area (Å²) in [6, 6.07) is 8.47. The third-order valence-corrected chi connectivity index (χ3v) is 4.60. The van der Waals surface area contributed by atoms with Crippen molar-refractivity contribution in [2.24, 2.45) is 0 Å². The number of ketones is 2. The van der Waals surface area contributed by atoms with Gasteiger partial charge in [0.05, 0.1) is 15.1 Å². The highest BCUT2D eigenvalue weighted by Crippen LogP contribution is 2.22. The molecule has 4 nitrogen and oxygen atoms in total. The highest BCUT2D eigenvalue weighted by atomic mass is 79.9. The SMILES string of the molecule is O=C(CCC(=O)c1ccc(F)cc1)OCC(=O)c1ccc(Br)s1. The molecule has 120 valence electrons. The number of thiophene rings is 1. The quantitative estimate of drug-likeness (QED) is 0.521. The number of Topliss-reactive ketones (excluding diaryl/α,β-unsaturated/α-hetero) is 2. The molecular formula is C16H12BrFO4S. The number of rotatable bonds is 7. The second kappa shape index (κ2) is 8.12. The van der Waals surface area contributed by atoms with Crippen molar-refractivity contribution >= 4 is 44.8 Å². The van der Waals surface area contributed by atoms with Crippen LogP contribution in [0.3, 0.4) is 0 Å². The fraction of sp³-hybridized carbons (Fsp3) is 0.188. The Balaban J connectivity index is 1.75. The average Bonchev–Trinajstić information content (AvgIpc) is 2.97. The number of ether oxygens (including phenoxy) is 1. The summed E-state index contributed by atoms with van der Waals surface area (Å²) in [5.41, 5.74) is 0.332. The molecule has 0 aliphatic rings. The normalized spacial score (nSPS) is 10.3. The van der Waals surface area contributed by atoms with Gasteiger partial charge in [-0.3, -0.25) is 14.4 Å². The number of carbonyl (C=O) groups is 3. The van der Waals surface area contributed by atoms with Gasteiger partial charge in [-0.25, -0.2) is 4.39 Å². The lowest BCUT2D eigenvalue weighted by Crippen LogP contribution is -2.14. The van der Waals surface area contributed by atoms with Crippen molar-refractivity contribution in [3.63, 3.8) is 0 Å². The second-order valence-corrected chi connectivity index (χ2v) is 7.08. The van der Waals surface area contributed by atoms with Crippen LogP contribution in [-0.2, 0) is 9.53 Å². The Morgan fingerprint density at radius 1 is 1.00 bits per heavy atom. The van der Waals surface area contributed by atoms with E-state index >= 15 is 0 Å². The van der Waals surface area contributed by atoms with E-state index in [1.807, 2.05) is 0 Å². The summed E-state index contributed by atoms with van der Waals surface area (Å²) in [5, 5.41) is 0. The van der Waals surface area contributed by atoms with E-state index in [2.05, 4.69) is 15.9 Å². The minimum absolute atomic E-state index is 0.0524. The van der Waals surface area contributed by atoms with Gasteiger partial charge in [0.1, 0.15) is 5.82 Å². The van der Waals surface area contributed by atoms with Crippen LogP contribution in [0.4, 0.5) is 4.39 Å². The molecule has 1 aromatic carbocycles. The molecule has 0 amide bonds. The predicted molar refractivity (Wildman–Crippen MR) is 87.3 cm³/mol. The summed E-state index contributed by atoms with van der Waals surface area (Å²) in [6.45, 7) is -0.351. The summed E-state index contributed by atoms with van der Waals surface area (Å²) < 4.78 is 18.4. The van der Waals surface area contributed by atoms with Crippen LogP contribution >= 0.6 is 27.3 Å². The molecule has 0 aliphatic carbocycles. The van der Waals surface area contributed by atoms with E-state index in [9.17, 15) is 18.8 Å². The molecule has 0 spiro atoms. The van der Waals surface area contributed by atoms with E-state index < -0.39 is 11.8 Å². The predicted octanol–water partition coefficient (Wildman–Crippen LogP) is 4.04. The van der Waals surface area contributed by atoms with Gasteiger partial charge < -0.3 is 4.74 Å². The summed E-state index contributed by atoms with van der Waals surface area (Å²) in [6.07, 6.45) is -0.180. The third-order valence-electron chi connectivity index (χ3n) is 2.93. The maximum absolute atomic E-state index is 12.8. The highest BCUT2D eigenvalue weighted by molar-refractivity contribution is 9.11. The molecule has 2 aromatic rings. The lowest BCUT2D eigenvalue weighted by molar-refractivity contribution is -0.142. The van der Waals surface area contributed by atoms with Crippen LogP contribution in [0.15, 0.2) is 40.2 Å². The van der Waals surface area contributed by atoms with Crippen LogP contribution in [0.2, 0.25) is 0 Å². The topological polar surface area (TPSA) is 60.4 Å². The standard InChI is InChI=1S/C16H12BrFO4S/c17-15-7-6-14(23-15)13(20)9-22-16(21)8-5-12(19)10-1-3-11(18)4-2-10/h1-4,6-7H,5,8-9H2. The zero-order valence-corrected chi connectivity index (χ0v) is 14.3. The summed E-state index contributed by atoms with van der Waals surface area (Å²) in [4.78, 5) is 35.7. The van der Waals surface area contributed by atoms with E-state index in [4.69, 9.17) is 4.74 Å². The maximum atomic E-state index is 12.8. The monoisotopic (exact) mass is 398 g/mol. The minimum Gasteiger partial charge on any atom is -0.457 e. The van der Waals surface area contributed by atoms with E-state index in [0.717, 1.165) is 3.79 Å². The first-order valence-corrected chi connectivity index (χ1v) is 8.29. The first-order chi connectivity index (χ1) is 11.0. The zero-order chi connectivity index (χ0) is 16.8. The molecular weight excluding hydrogens is 387 g/mol. The number of hydrogen-bond donors (Lipinski definition) is 0. The highest BCUT2D eigenvalue weighted by Gasteiger charge is 2.14. The Kier molecular flexibility index (Phi) is 6.18. The molecule has 1 aromatic heterocycles. The van der Waals surface area contributed by atoms with Crippen LogP contribution in [0.1, 0.15) is 32.9 Å². The number of benzene rings is 1. The van der Waals surface area contributed by atoms with Crippen LogP contribution in [0, 0.1) is 5.82 Å². The molecule has 0 saturated heterocycles. The number of carbonyl (C=O) groups excluding carboxylic acids is 3. The van der Waals surface area contributed by atoms with Crippen LogP contribution in [0.5, 0.6) is 0 Å². The van der Waals surface area contributed by atoms with Gasteiger partial charge >= 0.3 is 5.97 Å². The maximum Gasteiger partial charge on any atom is 0.306 e. The molecule has 7 heteroatoms. The van der Waals surface area contributed by atoms with Gasteiger partial charge in [0.15, 0.2) is 12.4 Å². The van der Waals surface area contributed by atoms with Crippen molar-refractivity contribution in [1.82, 2.24) is 0 Å². The van der Waals surface area contributed by atoms with Crippen LogP contribution in [0.25, 0.3) is 0 Å². The zero-order valence-electron chi connectivity index (χ0n) is 11.9. The number of halogens is 2. The largest absolute Gasteiger partial charge is 0.457 e. The van der Waals surface area contributed by atoms with Gasteiger partial charge in [-0.15, -0.1) is 11.3 Å². The molecule has 2 rings (SSSR count). The molecule has 23 heavy (non-hydrogen) atoms. The Morgan fingerprint density at radius 3 is 2.30 bits per heavy atom. The molecule has 0 unspecified atom stereocenters. The molecule has 0 aliphatic heterocycles. The summed E-state index contributed by atoms with van der Waals surface area (Å²) >= 11 is 4.50. The fourth-order valence-electron chi connectivity index (χ4n) is 1.75. The molecule has 0 atom stereocenters. The van der Waals surface area contributed by atoms with Gasteiger partial charge in [-0.05, 0) is 52.3 Å². The van der Waals surface area contributed by atoms with Gasteiger partial charge in [0.25, 0.3) is 0 Å². The molecule has 0 fully saturated rings. The van der Waals surface area contributed by atoms with Gasteiger partial charge in [0.2, 0.25) is 5.78 Å². The number of hydrogen-bond acceptors (Lipinski definition) is 5. The van der Waals surface area contributed by atoms with Gasteiger partial charge in [-0.2, -0.15) is 0 Å². The molecule has 0 saturated carbocycles. The van der Waals surface area contributed by atoms with Crippen molar-refractivity contribution in [2.75, 3.05) is 6.61 Å². The Hall–Kier alpha value is -1.86. The Morgan fingerprint density at radius 2 is 1.70 bits per heavy atom. The van der Waals surface area contributed by atoms with E-state index in [-0.39, 0.29) is 31.0 Å².